The van der Waals surface area contributed by atoms with Gasteiger partial charge in [0.15, 0.2) is 5.13 Å². The predicted octanol–water partition coefficient (Wildman–Crippen LogP) is 2.49. The van der Waals surface area contributed by atoms with Crippen molar-refractivity contribution in [3.8, 4) is 0 Å². The van der Waals surface area contributed by atoms with Gasteiger partial charge in [-0.25, -0.2) is 14.6 Å². The Labute approximate surface area is 162 Å². The number of hydrogen-bond acceptors (Lipinski definition) is 6. The topological polar surface area (TPSA) is 91.8 Å². The first-order valence-corrected chi connectivity index (χ1v) is 10.3. The van der Waals surface area contributed by atoms with Crippen molar-refractivity contribution in [3.05, 3.63) is 10.6 Å². The lowest BCUT2D eigenvalue weighted by Gasteiger charge is -2.34. The highest BCUT2D eigenvalue weighted by molar-refractivity contribution is 7.17. The van der Waals surface area contributed by atoms with Crippen molar-refractivity contribution in [2.75, 3.05) is 38.1 Å². The molecular weight excluding hydrogens is 368 g/mol. The lowest BCUT2D eigenvalue weighted by Crippen LogP contribution is -2.48. The van der Waals surface area contributed by atoms with Gasteiger partial charge in [0.1, 0.15) is 4.88 Å². The van der Waals surface area contributed by atoms with E-state index in [1.54, 1.807) is 18.7 Å². The number of carbonyl (C=O) groups excluding carboxylic acids is 3. The maximum Gasteiger partial charge on any atom is 0.350 e. The molecule has 2 saturated heterocycles. The van der Waals surface area contributed by atoms with Gasteiger partial charge in [0.05, 0.1) is 18.2 Å². The molecule has 1 N–H and O–H groups in total. The molecule has 0 saturated carbocycles. The number of amides is 3. The van der Waals surface area contributed by atoms with Crippen molar-refractivity contribution < 1.29 is 19.1 Å². The van der Waals surface area contributed by atoms with Gasteiger partial charge >= 0.3 is 12.0 Å². The van der Waals surface area contributed by atoms with Crippen LogP contribution in [0.3, 0.4) is 0 Å². The summed E-state index contributed by atoms with van der Waals surface area (Å²) in [5, 5.41) is 3.20. The number of esters is 1. The quantitative estimate of drug-likeness (QED) is 0.792. The number of hydrogen-bond donors (Lipinski definition) is 1. The number of nitrogens with zero attached hydrogens (tertiary/aromatic N) is 3. The molecule has 0 radical (unpaired) electrons. The number of urea groups is 1. The molecule has 0 spiro atoms. The number of ether oxygens (including phenoxy) is 1. The number of thiazole rings is 1. The van der Waals surface area contributed by atoms with Gasteiger partial charge in [0, 0.05) is 26.2 Å². The highest BCUT2D eigenvalue weighted by atomic mass is 32.1. The summed E-state index contributed by atoms with van der Waals surface area (Å²) in [5.41, 5.74) is 0.545. The van der Waals surface area contributed by atoms with Crippen LogP contribution in [-0.2, 0) is 9.53 Å². The number of carbonyl (C=O) groups is 3. The van der Waals surface area contributed by atoms with Crippen molar-refractivity contribution in [2.45, 2.75) is 39.5 Å². The van der Waals surface area contributed by atoms with E-state index in [9.17, 15) is 14.4 Å². The summed E-state index contributed by atoms with van der Waals surface area (Å²) in [7, 11) is 0. The highest BCUT2D eigenvalue weighted by Gasteiger charge is 2.32. The van der Waals surface area contributed by atoms with E-state index in [2.05, 4.69) is 10.3 Å². The van der Waals surface area contributed by atoms with Crippen LogP contribution >= 0.6 is 11.3 Å². The number of aromatic nitrogens is 1. The zero-order chi connectivity index (χ0) is 19.4. The van der Waals surface area contributed by atoms with Crippen LogP contribution in [0.15, 0.2) is 0 Å². The van der Waals surface area contributed by atoms with Crippen molar-refractivity contribution in [1.29, 1.82) is 0 Å². The Morgan fingerprint density at radius 3 is 2.59 bits per heavy atom. The standard InChI is InChI=1S/C18H26N4O4S/c1-3-26-16(24)14-12(2)19-17(27-14)20-15(23)13-7-6-10-22(11-13)18(25)21-8-4-5-9-21/h13H,3-11H2,1-2H3,(H,19,20,23)/t13-/m0/s1. The summed E-state index contributed by atoms with van der Waals surface area (Å²) in [6.45, 7) is 6.49. The summed E-state index contributed by atoms with van der Waals surface area (Å²) in [4.78, 5) is 45.5. The molecule has 0 aromatic carbocycles. The molecular formula is C18H26N4O4S. The molecule has 9 heteroatoms. The third-order valence-corrected chi connectivity index (χ3v) is 5.98. The Kier molecular flexibility index (Phi) is 6.30. The van der Waals surface area contributed by atoms with Crippen LogP contribution < -0.4 is 5.32 Å². The molecule has 3 rings (SSSR count). The summed E-state index contributed by atoms with van der Waals surface area (Å²) >= 11 is 1.12. The Morgan fingerprint density at radius 2 is 1.89 bits per heavy atom. The fraction of sp³-hybridized carbons (Fsp3) is 0.667. The van der Waals surface area contributed by atoms with Crippen LogP contribution in [0.25, 0.3) is 0 Å². The van der Waals surface area contributed by atoms with Gasteiger partial charge in [-0.15, -0.1) is 0 Å². The van der Waals surface area contributed by atoms with Crippen LogP contribution in [0.4, 0.5) is 9.93 Å². The number of aryl methyl sites for hydroxylation is 1. The second kappa shape index (κ2) is 8.69. The third kappa shape index (κ3) is 4.58. The van der Waals surface area contributed by atoms with Gasteiger partial charge < -0.3 is 19.9 Å². The van der Waals surface area contributed by atoms with Crippen LogP contribution in [0, 0.1) is 12.8 Å². The number of likely N-dealkylation sites (tertiary alicyclic amines) is 2. The highest BCUT2D eigenvalue weighted by Crippen LogP contribution is 2.26. The molecule has 3 heterocycles. The Bertz CT molecular complexity index is 714. The van der Waals surface area contributed by atoms with E-state index in [1.807, 2.05) is 4.90 Å². The smallest absolute Gasteiger partial charge is 0.350 e. The largest absolute Gasteiger partial charge is 0.462 e. The first kappa shape index (κ1) is 19.6. The van der Waals surface area contributed by atoms with Crippen molar-refractivity contribution in [2.24, 2.45) is 5.92 Å². The Hall–Kier alpha value is -2.16. The Morgan fingerprint density at radius 1 is 1.19 bits per heavy atom. The van der Waals surface area contributed by atoms with Gasteiger partial charge in [-0.05, 0) is 39.5 Å². The minimum Gasteiger partial charge on any atom is -0.462 e. The number of nitrogens with one attached hydrogen (secondary N) is 1. The molecule has 0 aliphatic carbocycles. The molecule has 27 heavy (non-hydrogen) atoms. The third-order valence-electron chi connectivity index (χ3n) is 4.93. The molecule has 1 aromatic rings. The molecule has 8 nitrogen and oxygen atoms in total. The van der Waals surface area contributed by atoms with Gasteiger partial charge in [-0.2, -0.15) is 0 Å². The SMILES string of the molecule is CCOC(=O)c1sc(NC(=O)[C@H]2CCCN(C(=O)N3CCCC3)C2)nc1C. The summed E-state index contributed by atoms with van der Waals surface area (Å²) < 4.78 is 5.00. The second-order valence-corrected chi connectivity index (χ2v) is 7.90. The second-order valence-electron chi connectivity index (χ2n) is 6.91. The summed E-state index contributed by atoms with van der Waals surface area (Å²) in [5.74, 6) is -0.841. The van der Waals surface area contributed by atoms with Crippen molar-refractivity contribution in [1.82, 2.24) is 14.8 Å². The molecule has 2 fully saturated rings. The minimum atomic E-state index is -0.423. The fourth-order valence-corrected chi connectivity index (χ4v) is 4.38. The normalized spacial score (nSPS) is 19.9. The molecule has 0 bridgehead atoms. The van der Waals surface area contributed by atoms with Gasteiger partial charge in [0.2, 0.25) is 5.91 Å². The molecule has 2 aliphatic rings. The minimum absolute atomic E-state index is 0.0414. The van der Waals surface area contributed by atoms with E-state index in [1.165, 1.54) is 0 Å². The predicted molar refractivity (Wildman–Crippen MR) is 102 cm³/mol. The average molecular weight is 394 g/mol. The van der Waals surface area contributed by atoms with Gasteiger partial charge in [-0.3, -0.25) is 4.79 Å². The number of anilines is 1. The van der Waals surface area contributed by atoms with Gasteiger partial charge in [-0.1, -0.05) is 11.3 Å². The van der Waals surface area contributed by atoms with Crippen molar-refractivity contribution in [3.63, 3.8) is 0 Å². The van der Waals surface area contributed by atoms with E-state index in [0.29, 0.717) is 35.4 Å². The molecule has 0 unspecified atom stereocenters. The van der Waals surface area contributed by atoms with Gasteiger partial charge in [0.25, 0.3) is 0 Å². The average Bonchev–Trinajstić information content (AvgIpc) is 3.31. The molecule has 1 atom stereocenters. The maximum absolute atomic E-state index is 12.7. The molecule has 2 aliphatic heterocycles. The molecule has 1 aromatic heterocycles. The van der Waals surface area contributed by atoms with Crippen molar-refractivity contribution >= 4 is 34.4 Å². The lowest BCUT2D eigenvalue weighted by atomic mass is 9.97. The lowest BCUT2D eigenvalue weighted by molar-refractivity contribution is -0.121. The van der Waals surface area contributed by atoms with E-state index >= 15 is 0 Å². The van der Waals surface area contributed by atoms with E-state index < -0.39 is 5.97 Å². The number of piperidine rings is 1. The van der Waals surface area contributed by atoms with E-state index in [-0.39, 0.29) is 17.9 Å². The van der Waals surface area contributed by atoms with Crippen LogP contribution in [0.2, 0.25) is 0 Å². The maximum atomic E-state index is 12.7. The summed E-state index contributed by atoms with van der Waals surface area (Å²) in [6, 6.07) is 0.0414. The van der Waals surface area contributed by atoms with E-state index in [4.69, 9.17) is 4.74 Å². The first-order chi connectivity index (χ1) is 13.0. The van der Waals surface area contributed by atoms with E-state index in [0.717, 1.165) is 50.1 Å². The first-order valence-electron chi connectivity index (χ1n) is 9.49. The fourth-order valence-electron chi connectivity index (χ4n) is 3.52. The number of rotatable bonds is 4. The van der Waals surface area contributed by atoms with Crippen LogP contribution in [0.1, 0.15) is 48.0 Å². The monoisotopic (exact) mass is 394 g/mol. The van der Waals surface area contributed by atoms with Crippen LogP contribution in [0.5, 0.6) is 0 Å². The zero-order valence-electron chi connectivity index (χ0n) is 15.8. The molecule has 148 valence electrons. The Balaban J connectivity index is 1.59. The van der Waals surface area contributed by atoms with Crippen LogP contribution in [-0.4, -0.2) is 65.5 Å². The summed E-state index contributed by atoms with van der Waals surface area (Å²) in [6.07, 6.45) is 3.65. The zero-order valence-corrected chi connectivity index (χ0v) is 16.6. The molecule has 3 amide bonds.